The molecule has 0 spiro atoms. The molecule has 1 aromatic rings. The summed E-state index contributed by atoms with van der Waals surface area (Å²) < 4.78 is 0.391. The Balaban J connectivity index is 1.98. The van der Waals surface area contributed by atoms with Crippen molar-refractivity contribution >= 4 is 52.2 Å². The number of aliphatic carboxylic acids is 1. The Morgan fingerprint density at radius 2 is 2.00 bits per heavy atom. The van der Waals surface area contributed by atoms with Crippen molar-refractivity contribution in [3.63, 3.8) is 0 Å². The highest BCUT2D eigenvalue weighted by molar-refractivity contribution is 8.26. The summed E-state index contributed by atoms with van der Waals surface area (Å²) in [5, 5.41) is 11.1. The van der Waals surface area contributed by atoms with Crippen LogP contribution in [0, 0.1) is 6.92 Å². The van der Waals surface area contributed by atoms with Crippen LogP contribution in [0.4, 0.5) is 0 Å². The highest BCUT2D eigenvalue weighted by Gasteiger charge is 2.32. The van der Waals surface area contributed by atoms with Crippen LogP contribution in [-0.2, 0) is 14.4 Å². The van der Waals surface area contributed by atoms with Crippen LogP contribution in [0.5, 0.6) is 0 Å². The monoisotopic (exact) mass is 378 g/mol. The molecule has 0 saturated carbocycles. The second kappa shape index (κ2) is 8.26. The van der Waals surface area contributed by atoms with Gasteiger partial charge in [-0.15, -0.1) is 0 Å². The first kappa shape index (κ1) is 19.1. The molecule has 1 aliphatic heterocycles. The molecule has 0 aromatic heterocycles. The minimum absolute atomic E-state index is 0.0120. The van der Waals surface area contributed by atoms with Gasteiger partial charge in [-0.05, 0) is 25.5 Å². The van der Waals surface area contributed by atoms with Gasteiger partial charge in [-0.1, -0.05) is 53.8 Å². The molecule has 1 heterocycles. The third-order valence-electron chi connectivity index (χ3n) is 3.56. The van der Waals surface area contributed by atoms with E-state index in [9.17, 15) is 14.4 Å². The molecule has 1 atom stereocenters. The Morgan fingerprint density at radius 3 is 2.60 bits per heavy atom. The van der Waals surface area contributed by atoms with E-state index in [0.29, 0.717) is 9.23 Å². The number of carboxylic acids is 1. The van der Waals surface area contributed by atoms with E-state index in [1.807, 2.05) is 31.2 Å². The van der Waals surface area contributed by atoms with Gasteiger partial charge in [0.2, 0.25) is 5.91 Å². The normalized spacial score (nSPS) is 17.0. The molecule has 0 unspecified atom stereocenters. The Hall–Kier alpha value is -2.19. The van der Waals surface area contributed by atoms with Crippen LogP contribution in [0.2, 0.25) is 0 Å². The molecule has 1 aromatic carbocycles. The van der Waals surface area contributed by atoms with E-state index in [0.717, 1.165) is 11.1 Å². The standard InChI is InChI=1S/C17H18N2O4S2/c1-10-3-5-12(6-4-10)9-13-15(21)19(17(24)25-13)8-7-14(20)18-11(2)16(22)23/h3-6,9,11H,7-8H2,1-2H3,(H,18,20)(H,22,23)/b13-9+/t11-/m1/s1. The lowest BCUT2D eigenvalue weighted by Crippen LogP contribution is -2.40. The second-order valence-electron chi connectivity index (χ2n) is 5.62. The molecule has 25 heavy (non-hydrogen) atoms. The van der Waals surface area contributed by atoms with Gasteiger partial charge in [0.05, 0.1) is 4.91 Å². The van der Waals surface area contributed by atoms with Crippen molar-refractivity contribution in [3.05, 3.63) is 40.3 Å². The number of rotatable bonds is 6. The van der Waals surface area contributed by atoms with Crippen molar-refractivity contribution in [2.24, 2.45) is 0 Å². The van der Waals surface area contributed by atoms with Gasteiger partial charge in [-0.25, -0.2) is 0 Å². The number of thiocarbonyl (C=S) groups is 1. The van der Waals surface area contributed by atoms with Gasteiger partial charge >= 0.3 is 5.97 Å². The number of nitrogens with one attached hydrogen (secondary N) is 1. The Bertz CT molecular complexity index is 744. The summed E-state index contributed by atoms with van der Waals surface area (Å²) >= 11 is 6.41. The van der Waals surface area contributed by atoms with Crippen molar-refractivity contribution in [1.29, 1.82) is 0 Å². The first-order valence-electron chi connectivity index (χ1n) is 7.62. The summed E-state index contributed by atoms with van der Waals surface area (Å²) in [4.78, 5) is 36.8. The fourth-order valence-corrected chi connectivity index (χ4v) is 3.40. The van der Waals surface area contributed by atoms with Gasteiger partial charge in [0, 0.05) is 13.0 Å². The summed E-state index contributed by atoms with van der Waals surface area (Å²) in [6, 6.07) is 6.78. The van der Waals surface area contributed by atoms with Gasteiger partial charge in [-0.2, -0.15) is 0 Å². The van der Waals surface area contributed by atoms with Gasteiger partial charge in [0.1, 0.15) is 10.4 Å². The molecule has 2 N–H and O–H groups in total. The predicted molar refractivity (Wildman–Crippen MR) is 101 cm³/mol. The smallest absolute Gasteiger partial charge is 0.325 e. The van der Waals surface area contributed by atoms with Gasteiger partial charge < -0.3 is 10.4 Å². The average molecular weight is 378 g/mol. The molecule has 2 amide bonds. The van der Waals surface area contributed by atoms with E-state index in [1.54, 1.807) is 6.08 Å². The van der Waals surface area contributed by atoms with Crippen molar-refractivity contribution in [1.82, 2.24) is 10.2 Å². The predicted octanol–water partition coefficient (Wildman–Crippen LogP) is 2.18. The molecule has 6 nitrogen and oxygen atoms in total. The third kappa shape index (κ3) is 5.14. The highest BCUT2D eigenvalue weighted by Crippen LogP contribution is 2.32. The quantitative estimate of drug-likeness (QED) is 0.583. The summed E-state index contributed by atoms with van der Waals surface area (Å²) in [5.41, 5.74) is 2.03. The van der Waals surface area contributed by atoms with Crippen LogP contribution in [0.25, 0.3) is 6.08 Å². The van der Waals surface area contributed by atoms with E-state index in [4.69, 9.17) is 17.3 Å². The fraction of sp³-hybridized carbons (Fsp3) is 0.294. The maximum Gasteiger partial charge on any atom is 0.325 e. The molecule has 0 aliphatic carbocycles. The van der Waals surface area contributed by atoms with E-state index in [2.05, 4.69) is 5.32 Å². The summed E-state index contributed by atoms with van der Waals surface area (Å²) in [5.74, 6) is -1.79. The maximum absolute atomic E-state index is 12.5. The lowest BCUT2D eigenvalue weighted by atomic mass is 10.1. The van der Waals surface area contributed by atoms with E-state index in [1.165, 1.54) is 23.6 Å². The third-order valence-corrected chi connectivity index (χ3v) is 4.94. The first-order valence-corrected chi connectivity index (χ1v) is 8.84. The molecule has 2 rings (SSSR count). The lowest BCUT2D eigenvalue weighted by molar-refractivity contribution is -0.141. The minimum Gasteiger partial charge on any atom is -0.480 e. The molecule has 0 radical (unpaired) electrons. The van der Waals surface area contributed by atoms with Crippen LogP contribution in [-0.4, -0.2) is 44.7 Å². The summed E-state index contributed by atoms with van der Waals surface area (Å²) in [7, 11) is 0. The maximum atomic E-state index is 12.5. The van der Waals surface area contributed by atoms with Crippen molar-refractivity contribution in [3.8, 4) is 0 Å². The number of hydrogen-bond donors (Lipinski definition) is 2. The van der Waals surface area contributed by atoms with Crippen LogP contribution in [0.3, 0.4) is 0 Å². The second-order valence-corrected chi connectivity index (χ2v) is 7.30. The average Bonchev–Trinajstić information content (AvgIpc) is 2.81. The number of hydrogen-bond acceptors (Lipinski definition) is 5. The highest BCUT2D eigenvalue weighted by atomic mass is 32.2. The van der Waals surface area contributed by atoms with E-state index >= 15 is 0 Å². The SMILES string of the molecule is Cc1ccc(/C=C2/SC(=S)N(CCC(=O)N[C@H](C)C(=O)O)C2=O)cc1. The van der Waals surface area contributed by atoms with Gasteiger partial charge in [0.25, 0.3) is 5.91 Å². The number of aryl methyl sites for hydroxylation is 1. The van der Waals surface area contributed by atoms with Gasteiger partial charge in [0.15, 0.2) is 0 Å². The zero-order chi connectivity index (χ0) is 18.6. The molecule has 1 aliphatic rings. The van der Waals surface area contributed by atoms with E-state index < -0.39 is 17.9 Å². The zero-order valence-corrected chi connectivity index (χ0v) is 15.4. The number of amides is 2. The van der Waals surface area contributed by atoms with Crippen LogP contribution >= 0.6 is 24.0 Å². The minimum atomic E-state index is -1.11. The first-order chi connectivity index (χ1) is 11.8. The number of thioether (sulfide) groups is 1. The van der Waals surface area contributed by atoms with Crippen molar-refractivity contribution in [2.45, 2.75) is 26.3 Å². The zero-order valence-electron chi connectivity index (χ0n) is 13.8. The van der Waals surface area contributed by atoms with Crippen molar-refractivity contribution in [2.75, 3.05) is 6.54 Å². The van der Waals surface area contributed by atoms with Crippen LogP contribution < -0.4 is 5.32 Å². The largest absolute Gasteiger partial charge is 0.480 e. The number of carboxylic acid groups (broad SMARTS) is 1. The number of carbonyl (C=O) groups excluding carboxylic acids is 2. The molecule has 132 valence electrons. The molecule has 1 fully saturated rings. The number of carbonyl (C=O) groups is 3. The van der Waals surface area contributed by atoms with Crippen LogP contribution in [0.15, 0.2) is 29.2 Å². The van der Waals surface area contributed by atoms with Crippen molar-refractivity contribution < 1.29 is 19.5 Å². The fourth-order valence-electron chi connectivity index (χ4n) is 2.10. The Morgan fingerprint density at radius 1 is 1.36 bits per heavy atom. The molecule has 1 saturated heterocycles. The van der Waals surface area contributed by atoms with E-state index in [-0.39, 0.29) is 18.9 Å². The Kier molecular flexibility index (Phi) is 6.33. The summed E-state index contributed by atoms with van der Waals surface area (Å²) in [6.45, 7) is 3.48. The Labute approximate surface area is 155 Å². The molecular weight excluding hydrogens is 360 g/mol. The van der Waals surface area contributed by atoms with Crippen LogP contribution in [0.1, 0.15) is 24.5 Å². The molecule has 0 bridgehead atoms. The lowest BCUT2D eigenvalue weighted by Gasteiger charge is -2.15. The topological polar surface area (TPSA) is 86.7 Å². The molecule has 8 heteroatoms. The number of nitrogens with zero attached hydrogens (tertiary/aromatic N) is 1. The number of benzene rings is 1. The van der Waals surface area contributed by atoms with Gasteiger partial charge in [-0.3, -0.25) is 19.3 Å². The molecular formula is C17H18N2O4S2. The summed E-state index contributed by atoms with van der Waals surface area (Å²) in [6.07, 6.45) is 1.76.